The van der Waals surface area contributed by atoms with Crippen LogP contribution in [0.1, 0.15) is 32.1 Å². The molecule has 1 aromatic heterocycles. The smallest absolute Gasteiger partial charge is 0.248 e. The van der Waals surface area contributed by atoms with E-state index in [0.29, 0.717) is 30.1 Å². The second-order valence-corrected chi connectivity index (χ2v) is 5.93. The van der Waals surface area contributed by atoms with Crippen LogP contribution in [0.4, 0.5) is 14.6 Å². The molecule has 1 aliphatic carbocycles. The van der Waals surface area contributed by atoms with Crippen molar-refractivity contribution < 1.29 is 13.6 Å². The molecule has 0 aliphatic heterocycles. The molecule has 1 heterocycles. The molecular formula is C14H18ClF2N3O. The molecule has 0 spiro atoms. The molecule has 0 saturated heterocycles. The lowest BCUT2D eigenvalue weighted by Gasteiger charge is -2.29. The molecule has 1 aliphatic rings. The van der Waals surface area contributed by atoms with Gasteiger partial charge in [0, 0.05) is 19.0 Å². The minimum atomic E-state index is -2.56. The van der Waals surface area contributed by atoms with Crippen LogP contribution in [0.5, 0.6) is 0 Å². The number of carbonyl (C=O) groups excluding carboxylic acids is 1. The predicted molar refractivity (Wildman–Crippen MR) is 77.4 cm³/mol. The Morgan fingerprint density at radius 3 is 2.71 bits per heavy atom. The van der Waals surface area contributed by atoms with E-state index in [1.165, 1.54) is 6.20 Å². The fourth-order valence-corrected chi connectivity index (χ4v) is 2.58. The molecule has 1 unspecified atom stereocenters. The minimum absolute atomic E-state index is 0.0727. The summed E-state index contributed by atoms with van der Waals surface area (Å²) in [5, 5.41) is 3.07. The highest BCUT2D eigenvalue weighted by molar-refractivity contribution is 6.30. The van der Waals surface area contributed by atoms with Crippen LogP contribution in [0.2, 0.25) is 5.02 Å². The van der Waals surface area contributed by atoms with Crippen molar-refractivity contribution in [3.8, 4) is 0 Å². The van der Waals surface area contributed by atoms with Gasteiger partial charge in [-0.25, -0.2) is 13.8 Å². The molecule has 7 heteroatoms. The number of nitrogens with zero attached hydrogens (tertiary/aromatic N) is 1. The maximum Gasteiger partial charge on any atom is 0.248 e. The summed E-state index contributed by atoms with van der Waals surface area (Å²) >= 11 is 5.70. The normalized spacial score (nSPS) is 20.0. The van der Waals surface area contributed by atoms with Gasteiger partial charge in [0.2, 0.25) is 11.8 Å². The number of rotatable bonds is 4. The number of alkyl halides is 2. The third kappa shape index (κ3) is 4.89. The summed E-state index contributed by atoms with van der Waals surface area (Å²) < 4.78 is 26.1. The zero-order valence-corrected chi connectivity index (χ0v) is 12.2. The summed E-state index contributed by atoms with van der Waals surface area (Å²) in [6.07, 6.45) is 2.41. The zero-order chi connectivity index (χ0) is 15.5. The van der Waals surface area contributed by atoms with Crippen molar-refractivity contribution in [2.45, 2.75) is 44.1 Å². The van der Waals surface area contributed by atoms with Gasteiger partial charge in [-0.05, 0) is 37.3 Å². The standard InChI is InChI=1S/C14H18ClF2N3O/c15-10-1-2-12(19-8-10)20-13(21)11(18)7-9-3-5-14(16,17)6-4-9/h1-2,8-9,11H,3-7,18H2,(H,19,20,21). The largest absolute Gasteiger partial charge is 0.320 e. The molecule has 0 bridgehead atoms. The van der Waals surface area contributed by atoms with Crippen LogP contribution >= 0.6 is 11.6 Å². The van der Waals surface area contributed by atoms with Crippen LogP contribution in [0.3, 0.4) is 0 Å². The van der Waals surface area contributed by atoms with Crippen molar-refractivity contribution in [2.75, 3.05) is 5.32 Å². The predicted octanol–water partition coefficient (Wildman–Crippen LogP) is 3.22. The van der Waals surface area contributed by atoms with Crippen LogP contribution in [0.25, 0.3) is 0 Å². The Kier molecular flexibility index (Phi) is 5.11. The van der Waals surface area contributed by atoms with Crippen molar-refractivity contribution in [3.05, 3.63) is 23.4 Å². The van der Waals surface area contributed by atoms with Gasteiger partial charge in [0.15, 0.2) is 0 Å². The highest BCUT2D eigenvalue weighted by Crippen LogP contribution is 2.37. The number of nitrogens with two attached hydrogens (primary N) is 1. The molecule has 0 aromatic carbocycles. The number of halogens is 3. The first-order valence-corrected chi connectivity index (χ1v) is 7.29. The van der Waals surface area contributed by atoms with Crippen molar-refractivity contribution >= 4 is 23.3 Å². The summed E-state index contributed by atoms with van der Waals surface area (Å²) in [6.45, 7) is 0. The van der Waals surface area contributed by atoms with E-state index < -0.39 is 12.0 Å². The van der Waals surface area contributed by atoms with E-state index >= 15 is 0 Å². The number of hydrogen-bond acceptors (Lipinski definition) is 3. The van der Waals surface area contributed by atoms with E-state index in [-0.39, 0.29) is 24.7 Å². The molecule has 1 amide bonds. The van der Waals surface area contributed by atoms with E-state index in [0.717, 1.165) is 0 Å². The first-order chi connectivity index (χ1) is 9.85. The van der Waals surface area contributed by atoms with Gasteiger partial charge in [-0.15, -0.1) is 0 Å². The van der Waals surface area contributed by atoms with Crippen LogP contribution in [0, 0.1) is 5.92 Å². The van der Waals surface area contributed by atoms with Crippen molar-refractivity contribution in [1.29, 1.82) is 0 Å². The quantitative estimate of drug-likeness (QED) is 0.896. The number of hydrogen-bond donors (Lipinski definition) is 2. The number of amides is 1. The highest BCUT2D eigenvalue weighted by Gasteiger charge is 2.35. The van der Waals surface area contributed by atoms with Gasteiger partial charge in [-0.2, -0.15) is 0 Å². The summed E-state index contributed by atoms with van der Waals surface area (Å²) in [7, 11) is 0. The van der Waals surface area contributed by atoms with Gasteiger partial charge in [-0.1, -0.05) is 11.6 Å². The highest BCUT2D eigenvalue weighted by atomic mass is 35.5. The zero-order valence-electron chi connectivity index (χ0n) is 11.5. The molecule has 1 saturated carbocycles. The van der Waals surface area contributed by atoms with Gasteiger partial charge in [0.05, 0.1) is 11.1 Å². The molecule has 3 N–H and O–H groups in total. The van der Waals surface area contributed by atoms with Crippen molar-refractivity contribution in [3.63, 3.8) is 0 Å². The molecule has 1 aromatic rings. The molecule has 1 atom stereocenters. The van der Waals surface area contributed by atoms with Gasteiger partial charge < -0.3 is 11.1 Å². The average molecular weight is 318 g/mol. The Labute approximate surface area is 127 Å². The SMILES string of the molecule is NC(CC1CCC(F)(F)CC1)C(=O)Nc1ccc(Cl)cn1. The molecule has 21 heavy (non-hydrogen) atoms. The lowest BCUT2D eigenvalue weighted by atomic mass is 9.83. The van der Waals surface area contributed by atoms with E-state index in [4.69, 9.17) is 17.3 Å². The second-order valence-electron chi connectivity index (χ2n) is 5.49. The Hall–Kier alpha value is -1.27. The molecule has 0 radical (unpaired) electrons. The number of carbonyl (C=O) groups is 1. The second kappa shape index (κ2) is 6.66. The molecular weight excluding hydrogens is 300 g/mol. The van der Waals surface area contributed by atoms with Crippen LogP contribution < -0.4 is 11.1 Å². The topological polar surface area (TPSA) is 68.0 Å². The van der Waals surface area contributed by atoms with Gasteiger partial charge in [0.25, 0.3) is 0 Å². The first kappa shape index (κ1) is 16.1. The van der Waals surface area contributed by atoms with Gasteiger partial charge in [-0.3, -0.25) is 4.79 Å². The van der Waals surface area contributed by atoms with Gasteiger partial charge >= 0.3 is 0 Å². The maximum atomic E-state index is 13.1. The monoisotopic (exact) mass is 317 g/mol. The Morgan fingerprint density at radius 2 is 2.14 bits per heavy atom. The van der Waals surface area contributed by atoms with Crippen LogP contribution in [0.15, 0.2) is 18.3 Å². The van der Waals surface area contributed by atoms with E-state index in [1.54, 1.807) is 12.1 Å². The van der Waals surface area contributed by atoms with Crippen molar-refractivity contribution in [1.82, 2.24) is 4.98 Å². The lowest BCUT2D eigenvalue weighted by molar-refractivity contribution is -0.118. The third-order valence-corrected chi connectivity index (χ3v) is 3.96. The molecule has 1 fully saturated rings. The fraction of sp³-hybridized carbons (Fsp3) is 0.571. The van der Waals surface area contributed by atoms with Crippen LogP contribution in [-0.4, -0.2) is 22.9 Å². The number of pyridine rings is 1. The Morgan fingerprint density at radius 1 is 1.48 bits per heavy atom. The lowest BCUT2D eigenvalue weighted by Crippen LogP contribution is -2.38. The first-order valence-electron chi connectivity index (χ1n) is 6.91. The van der Waals surface area contributed by atoms with Crippen molar-refractivity contribution in [2.24, 2.45) is 11.7 Å². The summed E-state index contributed by atoms with van der Waals surface area (Å²) in [5.41, 5.74) is 5.84. The summed E-state index contributed by atoms with van der Waals surface area (Å²) in [4.78, 5) is 15.9. The summed E-state index contributed by atoms with van der Waals surface area (Å²) in [5.74, 6) is -2.48. The number of nitrogens with one attached hydrogen (secondary N) is 1. The number of anilines is 1. The molecule has 4 nitrogen and oxygen atoms in total. The Bertz CT molecular complexity index is 485. The molecule has 2 rings (SSSR count). The minimum Gasteiger partial charge on any atom is -0.320 e. The van der Waals surface area contributed by atoms with Crippen LogP contribution in [-0.2, 0) is 4.79 Å². The summed E-state index contributed by atoms with van der Waals surface area (Å²) in [6, 6.07) is 2.46. The van der Waals surface area contributed by atoms with E-state index in [1.807, 2.05) is 0 Å². The van der Waals surface area contributed by atoms with E-state index in [9.17, 15) is 13.6 Å². The fourth-order valence-electron chi connectivity index (χ4n) is 2.47. The van der Waals surface area contributed by atoms with Gasteiger partial charge in [0.1, 0.15) is 5.82 Å². The number of aromatic nitrogens is 1. The average Bonchev–Trinajstić information content (AvgIpc) is 2.43. The Balaban J connectivity index is 1.81. The maximum absolute atomic E-state index is 13.1. The molecule has 116 valence electrons. The van der Waals surface area contributed by atoms with E-state index in [2.05, 4.69) is 10.3 Å². The third-order valence-electron chi connectivity index (χ3n) is 3.74.